The highest BCUT2D eigenvalue weighted by Crippen LogP contribution is 2.32. The van der Waals surface area contributed by atoms with Gasteiger partial charge >= 0.3 is 0 Å². The second-order valence-corrected chi connectivity index (χ2v) is 9.73. The molecule has 4 rings (SSSR count). The van der Waals surface area contributed by atoms with Gasteiger partial charge < -0.3 is 4.90 Å². The van der Waals surface area contributed by atoms with Gasteiger partial charge in [0, 0.05) is 11.7 Å². The molecule has 0 saturated heterocycles. The molecule has 0 unspecified atom stereocenters. The molecular weight excluding hydrogens is 368 g/mol. The van der Waals surface area contributed by atoms with Gasteiger partial charge in [0.05, 0.1) is 10.2 Å². The molecule has 134 valence electrons. The maximum absolute atomic E-state index is 12.7. The van der Waals surface area contributed by atoms with Crippen LogP contribution < -0.4 is 4.90 Å². The molecule has 26 heavy (non-hydrogen) atoms. The third-order valence-corrected chi connectivity index (χ3v) is 7.12. The van der Waals surface area contributed by atoms with Crippen molar-refractivity contribution in [3.63, 3.8) is 0 Å². The molecule has 0 N–H and O–H groups in total. The largest absolute Gasteiger partial charge is 0.308 e. The number of anilines is 1. The van der Waals surface area contributed by atoms with E-state index in [0.717, 1.165) is 27.9 Å². The molecule has 0 radical (unpaired) electrons. The quantitative estimate of drug-likeness (QED) is 0.691. The zero-order valence-electron chi connectivity index (χ0n) is 14.3. The number of sulfone groups is 1. The summed E-state index contributed by atoms with van der Waals surface area (Å²) in [5.74, 6) is -1.08. The molecule has 0 aliphatic carbocycles. The summed E-state index contributed by atoms with van der Waals surface area (Å²) >= 11 is 1.36. The van der Waals surface area contributed by atoms with E-state index in [1.165, 1.54) is 11.3 Å². The van der Waals surface area contributed by atoms with Crippen LogP contribution in [0, 0.1) is 0 Å². The summed E-state index contributed by atoms with van der Waals surface area (Å²) < 4.78 is 26.1. The van der Waals surface area contributed by atoms with Crippen LogP contribution in [0.15, 0.2) is 48.5 Å². The first-order valence-corrected chi connectivity index (χ1v) is 11.0. The number of para-hydroxylation sites is 2. The van der Waals surface area contributed by atoms with E-state index in [4.69, 9.17) is 0 Å². The summed E-state index contributed by atoms with van der Waals surface area (Å²) in [4.78, 5) is 18.7. The van der Waals surface area contributed by atoms with Crippen LogP contribution >= 0.6 is 11.3 Å². The number of nitrogens with zero attached hydrogens (tertiary/aromatic N) is 2. The number of fused-ring (bicyclic) bond motifs is 2. The molecule has 7 heteroatoms. The minimum Gasteiger partial charge on any atom is -0.308 e. The number of thiazole rings is 1. The molecule has 1 amide bonds. The van der Waals surface area contributed by atoms with Gasteiger partial charge in [-0.25, -0.2) is 13.4 Å². The highest BCUT2D eigenvalue weighted by atomic mass is 32.2. The van der Waals surface area contributed by atoms with E-state index in [1.54, 1.807) is 4.90 Å². The van der Waals surface area contributed by atoms with Crippen molar-refractivity contribution in [1.29, 1.82) is 0 Å². The maximum atomic E-state index is 12.7. The van der Waals surface area contributed by atoms with E-state index in [-0.39, 0.29) is 17.7 Å². The zero-order valence-corrected chi connectivity index (χ0v) is 15.9. The van der Waals surface area contributed by atoms with Gasteiger partial charge in [0.25, 0.3) is 0 Å². The van der Waals surface area contributed by atoms with E-state index >= 15 is 0 Å². The monoisotopic (exact) mass is 386 g/mol. The van der Waals surface area contributed by atoms with Crippen molar-refractivity contribution in [1.82, 2.24) is 4.98 Å². The van der Waals surface area contributed by atoms with Crippen molar-refractivity contribution in [2.24, 2.45) is 0 Å². The van der Waals surface area contributed by atoms with Gasteiger partial charge in [-0.2, -0.15) is 0 Å². The van der Waals surface area contributed by atoms with Crippen molar-refractivity contribution < 1.29 is 13.2 Å². The molecule has 1 atom stereocenters. The average Bonchev–Trinajstić information content (AvgIpc) is 3.12. The number of rotatable bonds is 4. The lowest BCUT2D eigenvalue weighted by atomic mass is 10.1. The summed E-state index contributed by atoms with van der Waals surface area (Å²) in [5.41, 5.74) is 2.69. The van der Waals surface area contributed by atoms with Crippen molar-refractivity contribution in [3.05, 3.63) is 59.1 Å². The number of carbonyl (C=O) groups excluding carboxylic acids is 1. The Balaban J connectivity index is 1.53. The molecule has 5 nitrogen and oxygen atoms in total. The second kappa shape index (κ2) is 6.48. The SMILES string of the molecule is C[C@@H]1Cc2ccccc2N1C(=O)CS(=O)(=O)Cc1nc2ccccc2s1. The first-order chi connectivity index (χ1) is 12.4. The third kappa shape index (κ3) is 3.24. The summed E-state index contributed by atoms with van der Waals surface area (Å²) in [6.07, 6.45) is 0.750. The third-order valence-electron chi connectivity index (χ3n) is 4.50. The Bertz CT molecular complexity index is 1060. The molecule has 3 aromatic rings. The Hall–Kier alpha value is -2.25. The van der Waals surface area contributed by atoms with Crippen LogP contribution in [0.2, 0.25) is 0 Å². The molecule has 0 bridgehead atoms. The smallest absolute Gasteiger partial charge is 0.242 e. The number of hydrogen-bond donors (Lipinski definition) is 0. The average molecular weight is 386 g/mol. The van der Waals surface area contributed by atoms with Crippen molar-refractivity contribution in [2.75, 3.05) is 10.7 Å². The predicted molar refractivity (Wildman–Crippen MR) is 104 cm³/mol. The van der Waals surface area contributed by atoms with Crippen LogP contribution in [0.1, 0.15) is 17.5 Å². The van der Waals surface area contributed by atoms with Gasteiger partial charge in [-0.15, -0.1) is 11.3 Å². The standard InChI is InChI=1S/C19H18N2O3S2/c1-13-10-14-6-2-4-8-16(14)21(13)19(22)12-26(23,24)11-18-20-15-7-3-5-9-17(15)25-18/h2-9,13H,10-12H2,1H3/t13-/m1/s1. The lowest BCUT2D eigenvalue weighted by Crippen LogP contribution is -2.39. The fourth-order valence-corrected chi connectivity index (χ4v) is 6.02. The molecule has 1 aliphatic heterocycles. The van der Waals surface area contributed by atoms with Crippen LogP contribution in [0.5, 0.6) is 0 Å². The molecule has 1 aliphatic rings. The van der Waals surface area contributed by atoms with Crippen LogP contribution in [-0.2, 0) is 26.8 Å². The van der Waals surface area contributed by atoms with Gasteiger partial charge in [0.2, 0.25) is 5.91 Å². The molecule has 0 fully saturated rings. The predicted octanol–water partition coefficient (Wildman–Crippen LogP) is 3.19. The summed E-state index contributed by atoms with van der Waals surface area (Å²) in [6, 6.07) is 15.2. The second-order valence-electron chi connectivity index (χ2n) is 6.55. The van der Waals surface area contributed by atoms with E-state index < -0.39 is 15.6 Å². The molecule has 0 saturated carbocycles. The first-order valence-electron chi connectivity index (χ1n) is 8.38. The lowest BCUT2D eigenvalue weighted by Gasteiger charge is -2.22. The fourth-order valence-electron chi connectivity index (χ4n) is 3.42. The number of amides is 1. The number of carbonyl (C=O) groups is 1. The Morgan fingerprint density at radius 2 is 1.92 bits per heavy atom. The minimum atomic E-state index is -3.59. The van der Waals surface area contributed by atoms with Gasteiger partial charge in [-0.1, -0.05) is 30.3 Å². The molecule has 2 aromatic carbocycles. The van der Waals surface area contributed by atoms with Crippen LogP contribution in [0.4, 0.5) is 5.69 Å². The summed E-state index contributed by atoms with van der Waals surface area (Å²) in [6.45, 7) is 1.94. The van der Waals surface area contributed by atoms with Gasteiger partial charge in [0.1, 0.15) is 16.5 Å². The molecule has 2 heterocycles. The molecular formula is C19H18N2O3S2. The lowest BCUT2D eigenvalue weighted by molar-refractivity contribution is -0.116. The number of hydrogen-bond acceptors (Lipinski definition) is 5. The summed E-state index contributed by atoms with van der Waals surface area (Å²) in [5, 5.41) is 0.522. The molecule has 1 aromatic heterocycles. The van der Waals surface area contributed by atoms with Crippen LogP contribution in [0.25, 0.3) is 10.2 Å². The van der Waals surface area contributed by atoms with E-state index in [1.807, 2.05) is 55.5 Å². The maximum Gasteiger partial charge on any atom is 0.242 e. The van der Waals surface area contributed by atoms with Gasteiger partial charge in [0.15, 0.2) is 9.84 Å². The number of benzene rings is 2. The highest BCUT2D eigenvalue weighted by Gasteiger charge is 2.33. The van der Waals surface area contributed by atoms with Crippen LogP contribution in [0.3, 0.4) is 0 Å². The number of aromatic nitrogens is 1. The van der Waals surface area contributed by atoms with Gasteiger partial charge in [-0.3, -0.25) is 4.79 Å². The normalized spacial score (nSPS) is 16.8. The molecule has 0 spiro atoms. The van der Waals surface area contributed by atoms with E-state index in [9.17, 15) is 13.2 Å². The Labute approximate surface area is 156 Å². The topological polar surface area (TPSA) is 67.3 Å². The van der Waals surface area contributed by atoms with Crippen molar-refractivity contribution >= 4 is 43.0 Å². The van der Waals surface area contributed by atoms with Crippen molar-refractivity contribution in [2.45, 2.75) is 25.1 Å². The van der Waals surface area contributed by atoms with Crippen molar-refractivity contribution in [3.8, 4) is 0 Å². The van der Waals surface area contributed by atoms with E-state index in [2.05, 4.69) is 4.98 Å². The Kier molecular flexibility index (Phi) is 4.28. The van der Waals surface area contributed by atoms with Crippen LogP contribution in [-0.4, -0.2) is 31.1 Å². The van der Waals surface area contributed by atoms with E-state index in [0.29, 0.717) is 5.01 Å². The highest BCUT2D eigenvalue weighted by molar-refractivity contribution is 7.91. The van der Waals surface area contributed by atoms with Gasteiger partial charge in [-0.05, 0) is 37.1 Å². The zero-order chi connectivity index (χ0) is 18.3. The fraction of sp³-hybridized carbons (Fsp3) is 0.263. The Morgan fingerprint density at radius 1 is 1.19 bits per heavy atom. The first kappa shape index (κ1) is 17.2. The summed E-state index contributed by atoms with van der Waals surface area (Å²) in [7, 11) is -3.59. The minimum absolute atomic E-state index is 0.0300. The Morgan fingerprint density at radius 3 is 2.73 bits per heavy atom.